The van der Waals surface area contributed by atoms with E-state index in [2.05, 4.69) is 15.6 Å². The van der Waals surface area contributed by atoms with Gasteiger partial charge in [0, 0.05) is 13.0 Å². The number of nitrogens with zero attached hydrogens (tertiary/aromatic N) is 1. The van der Waals surface area contributed by atoms with Crippen molar-refractivity contribution in [2.75, 3.05) is 6.54 Å². The SMILES string of the molecule is CCC(CCNC(=O)NCc1ncc(C)o1)CCC(=O)O. The Bertz CT molecular complexity index is 459. The van der Waals surface area contributed by atoms with Crippen molar-refractivity contribution < 1.29 is 19.1 Å². The highest BCUT2D eigenvalue weighted by Crippen LogP contribution is 2.14. The van der Waals surface area contributed by atoms with Gasteiger partial charge >= 0.3 is 12.0 Å². The average Bonchev–Trinajstić information content (AvgIpc) is 2.86. The maximum absolute atomic E-state index is 11.6. The Balaban J connectivity index is 2.15. The first-order valence-electron chi connectivity index (χ1n) is 7.16. The van der Waals surface area contributed by atoms with Gasteiger partial charge in [0.15, 0.2) is 0 Å². The van der Waals surface area contributed by atoms with Gasteiger partial charge in [-0.2, -0.15) is 0 Å². The molecule has 3 N–H and O–H groups in total. The maximum Gasteiger partial charge on any atom is 0.315 e. The summed E-state index contributed by atoms with van der Waals surface area (Å²) in [6.07, 6.45) is 4.10. The van der Waals surface area contributed by atoms with Crippen LogP contribution in [0, 0.1) is 12.8 Å². The minimum Gasteiger partial charge on any atom is -0.481 e. The van der Waals surface area contributed by atoms with Crippen LogP contribution in [-0.4, -0.2) is 28.6 Å². The van der Waals surface area contributed by atoms with E-state index in [1.54, 1.807) is 13.1 Å². The third-order valence-corrected chi connectivity index (χ3v) is 3.25. The molecule has 1 rings (SSSR count). The Hall–Kier alpha value is -2.05. The van der Waals surface area contributed by atoms with Crippen molar-refractivity contribution in [3.63, 3.8) is 0 Å². The van der Waals surface area contributed by atoms with Gasteiger partial charge in [-0.05, 0) is 25.7 Å². The van der Waals surface area contributed by atoms with Crippen molar-refractivity contribution >= 4 is 12.0 Å². The van der Waals surface area contributed by atoms with Gasteiger partial charge < -0.3 is 20.2 Å². The van der Waals surface area contributed by atoms with Crippen LogP contribution in [0.1, 0.15) is 44.3 Å². The smallest absolute Gasteiger partial charge is 0.315 e. The van der Waals surface area contributed by atoms with Crippen molar-refractivity contribution in [3.8, 4) is 0 Å². The molecule has 0 aromatic carbocycles. The molecule has 1 unspecified atom stereocenters. The summed E-state index contributed by atoms with van der Waals surface area (Å²) in [6.45, 7) is 4.58. The second kappa shape index (κ2) is 8.99. The molecule has 0 saturated carbocycles. The molecule has 0 fully saturated rings. The Morgan fingerprint density at radius 2 is 2.14 bits per heavy atom. The van der Waals surface area contributed by atoms with Crippen LogP contribution in [0.25, 0.3) is 0 Å². The molecule has 0 aliphatic rings. The van der Waals surface area contributed by atoms with E-state index in [1.165, 1.54) is 0 Å². The zero-order chi connectivity index (χ0) is 15.7. The van der Waals surface area contributed by atoms with E-state index >= 15 is 0 Å². The van der Waals surface area contributed by atoms with Crippen LogP contribution >= 0.6 is 0 Å². The Morgan fingerprint density at radius 1 is 1.38 bits per heavy atom. The van der Waals surface area contributed by atoms with Crippen LogP contribution < -0.4 is 10.6 Å². The number of hydrogen-bond acceptors (Lipinski definition) is 4. The molecule has 0 spiro atoms. The highest BCUT2D eigenvalue weighted by atomic mass is 16.4. The van der Waals surface area contributed by atoms with Crippen molar-refractivity contribution in [3.05, 3.63) is 17.8 Å². The molecule has 2 amide bonds. The first-order valence-corrected chi connectivity index (χ1v) is 7.16. The number of carbonyl (C=O) groups is 2. The predicted molar refractivity (Wildman–Crippen MR) is 76.7 cm³/mol. The minimum atomic E-state index is -0.777. The van der Waals surface area contributed by atoms with Gasteiger partial charge in [-0.1, -0.05) is 13.3 Å². The Kier molecular flexibility index (Phi) is 7.28. The lowest BCUT2D eigenvalue weighted by Gasteiger charge is -2.14. The molecule has 7 heteroatoms. The van der Waals surface area contributed by atoms with Crippen LogP contribution in [0.3, 0.4) is 0 Å². The highest BCUT2D eigenvalue weighted by Gasteiger charge is 2.10. The number of amides is 2. The summed E-state index contributed by atoms with van der Waals surface area (Å²) >= 11 is 0. The lowest BCUT2D eigenvalue weighted by Crippen LogP contribution is -2.36. The Morgan fingerprint density at radius 3 is 2.71 bits per heavy atom. The number of carboxylic acids is 1. The number of urea groups is 1. The number of nitrogens with one attached hydrogen (secondary N) is 2. The molecule has 1 aromatic heterocycles. The number of oxazole rings is 1. The van der Waals surface area contributed by atoms with Crippen molar-refractivity contribution in [1.82, 2.24) is 15.6 Å². The fourth-order valence-electron chi connectivity index (χ4n) is 1.97. The molecule has 1 aromatic rings. The standard InChI is InChI=1S/C14H23N3O4/c1-3-11(4-5-13(18)19)6-7-15-14(20)17-9-12-16-8-10(2)21-12/h8,11H,3-7,9H2,1-2H3,(H,18,19)(H2,15,17,20). The molecule has 1 heterocycles. The summed E-state index contributed by atoms with van der Waals surface area (Å²) in [5, 5.41) is 14.1. The summed E-state index contributed by atoms with van der Waals surface area (Å²) in [4.78, 5) is 26.1. The zero-order valence-corrected chi connectivity index (χ0v) is 12.5. The van der Waals surface area contributed by atoms with Gasteiger partial charge in [0.2, 0.25) is 5.89 Å². The molecule has 7 nitrogen and oxygen atoms in total. The first kappa shape index (κ1) is 17.0. The molecule has 0 aliphatic heterocycles. The van der Waals surface area contributed by atoms with Crippen LogP contribution in [0.15, 0.2) is 10.6 Å². The Labute approximate surface area is 124 Å². The molecule has 0 radical (unpaired) electrons. The van der Waals surface area contributed by atoms with E-state index in [0.717, 1.165) is 12.8 Å². The van der Waals surface area contributed by atoms with E-state index in [1.807, 2.05) is 6.92 Å². The number of carboxylic acid groups (broad SMARTS) is 1. The minimum absolute atomic E-state index is 0.175. The predicted octanol–water partition coefficient (Wildman–Crippen LogP) is 2.06. The normalized spacial score (nSPS) is 11.9. The highest BCUT2D eigenvalue weighted by molar-refractivity contribution is 5.73. The maximum atomic E-state index is 11.6. The molecule has 0 aliphatic carbocycles. The third kappa shape index (κ3) is 7.34. The molecule has 0 bridgehead atoms. The topological polar surface area (TPSA) is 104 Å². The fourth-order valence-corrected chi connectivity index (χ4v) is 1.97. The second-order valence-electron chi connectivity index (χ2n) is 4.97. The number of hydrogen-bond donors (Lipinski definition) is 3. The van der Waals surface area contributed by atoms with Crippen LogP contribution in [0.5, 0.6) is 0 Å². The van der Waals surface area contributed by atoms with Gasteiger partial charge in [-0.25, -0.2) is 9.78 Å². The molecule has 0 saturated heterocycles. The van der Waals surface area contributed by atoms with Crippen LogP contribution in [0.4, 0.5) is 4.79 Å². The number of aromatic nitrogens is 1. The van der Waals surface area contributed by atoms with Crippen LogP contribution in [0.2, 0.25) is 0 Å². The van der Waals surface area contributed by atoms with E-state index in [-0.39, 0.29) is 19.0 Å². The van der Waals surface area contributed by atoms with E-state index in [0.29, 0.717) is 30.5 Å². The number of carbonyl (C=O) groups excluding carboxylic acids is 1. The monoisotopic (exact) mass is 297 g/mol. The van der Waals surface area contributed by atoms with Gasteiger partial charge in [0.1, 0.15) is 5.76 Å². The average molecular weight is 297 g/mol. The number of rotatable bonds is 9. The van der Waals surface area contributed by atoms with Gasteiger partial charge in [0.05, 0.1) is 12.7 Å². The summed E-state index contributed by atoms with van der Waals surface area (Å²) in [5.74, 6) is 0.711. The van der Waals surface area contributed by atoms with Crippen molar-refractivity contribution in [2.45, 2.75) is 46.1 Å². The number of aryl methyl sites for hydroxylation is 1. The molecule has 21 heavy (non-hydrogen) atoms. The lowest BCUT2D eigenvalue weighted by molar-refractivity contribution is -0.137. The molecule has 1 atom stereocenters. The van der Waals surface area contributed by atoms with Crippen molar-refractivity contribution in [2.24, 2.45) is 5.92 Å². The van der Waals surface area contributed by atoms with Crippen molar-refractivity contribution in [1.29, 1.82) is 0 Å². The quantitative estimate of drug-likeness (QED) is 0.647. The van der Waals surface area contributed by atoms with E-state index in [9.17, 15) is 9.59 Å². The fraction of sp³-hybridized carbons (Fsp3) is 0.643. The summed E-state index contributed by atoms with van der Waals surface area (Å²) in [7, 11) is 0. The number of aliphatic carboxylic acids is 1. The van der Waals surface area contributed by atoms with Crippen LogP contribution in [-0.2, 0) is 11.3 Å². The zero-order valence-electron chi connectivity index (χ0n) is 12.5. The van der Waals surface area contributed by atoms with Gasteiger partial charge in [-0.15, -0.1) is 0 Å². The molecular weight excluding hydrogens is 274 g/mol. The van der Waals surface area contributed by atoms with E-state index < -0.39 is 5.97 Å². The summed E-state index contributed by atoms with van der Waals surface area (Å²) in [6, 6.07) is -0.279. The third-order valence-electron chi connectivity index (χ3n) is 3.25. The second-order valence-corrected chi connectivity index (χ2v) is 4.97. The molecular formula is C14H23N3O4. The van der Waals surface area contributed by atoms with Gasteiger partial charge in [-0.3, -0.25) is 4.79 Å². The molecule has 118 valence electrons. The first-order chi connectivity index (χ1) is 10.0. The lowest BCUT2D eigenvalue weighted by atomic mass is 9.97. The van der Waals surface area contributed by atoms with Gasteiger partial charge in [0.25, 0.3) is 0 Å². The largest absolute Gasteiger partial charge is 0.481 e. The summed E-state index contributed by atoms with van der Waals surface area (Å²) in [5.41, 5.74) is 0. The summed E-state index contributed by atoms with van der Waals surface area (Å²) < 4.78 is 5.24. The van der Waals surface area contributed by atoms with E-state index in [4.69, 9.17) is 9.52 Å².